The minimum Gasteiger partial charge on any atom is -0.512 e. The van der Waals surface area contributed by atoms with Gasteiger partial charge >= 0.3 is 0 Å². The smallest absolute Gasteiger partial charge is 0.164 e. The zero-order valence-corrected chi connectivity index (χ0v) is 31.4. The van der Waals surface area contributed by atoms with Crippen LogP contribution in [0.5, 0.6) is 0 Å². The Labute approximate surface area is 284 Å². The first-order valence-electron chi connectivity index (χ1n) is 15.9. The van der Waals surface area contributed by atoms with E-state index < -0.39 is 5.41 Å². The summed E-state index contributed by atoms with van der Waals surface area (Å²) in [5.74, 6) is 0.662. The molecule has 3 aromatic carbocycles. The third-order valence-corrected chi connectivity index (χ3v) is 8.40. The van der Waals surface area contributed by atoms with Gasteiger partial charge in [-0.1, -0.05) is 124 Å². The predicted molar refractivity (Wildman–Crippen MR) is 186 cm³/mol. The van der Waals surface area contributed by atoms with Crippen molar-refractivity contribution < 1.29 is 30.0 Å². The number of pyridine rings is 1. The maximum atomic E-state index is 11.5. The van der Waals surface area contributed by atoms with Gasteiger partial charge in [-0.15, -0.1) is 29.1 Å². The molecule has 0 saturated heterocycles. The number of rotatable bonds is 3. The van der Waals surface area contributed by atoms with E-state index in [2.05, 4.69) is 95.3 Å². The summed E-state index contributed by atoms with van der Waals surface area (Å²) in [6, 6.07) is 23.8. The van der Waals surface area contributed by atoms with Crippen LogP contribution in [0.1, 0.15) is 104 Å². The summed E-state index contributed by atoms with van der Waals surface area (Å²) in [4.78, 5) is 16.4. The summed E-state index contributed by atoms with van der Waals surface area (Å²) in [7, 11) is 0. The fourth-order valence-corrected chi connectivity index (χ4v) is 5.47. The molecule has 0 bridgehead atoms. The van der Waals surface area contributed by atoms with Crippen LogP contribution in [0.2, 0.25) is 0 Å². The Morgan fingerprint density at radius 1 is 0.867 bits per heavy atom. The van der Waals surface area contributed by atoms with Crippen LogP contribution in [0, 0.1) is 16.9 Å². The molecule has 0 atom stereocenters. The molecule has 0 fully saturated rings. The standard InChI is InChI=1S/C30H30N.C11H20O2.Ir/c1-19(2)20-10-12-24-22(16-20)11-13-27-26(24)14-15-31-29(27)23-17-21-8-6-7-9-25(21)28(18-23)30(3,4)5;1-10(2,3)8(12)7-9(13)11(4,5)6;/h6-10,12,14-16,18-19H,11,13H2,1-5H3;7,12H,1-6H3;/q-1;;/b;8-7-;. The zero-order chi connectivity index (χ0) is 32.6. The van der Waals surface area contributed by atoms with Gasteiger partial charge in [0.15, 0.2) is 5.78 Å². The Bertz CT molecular complexity index is 1710. The predicted octanol–water partition coefficient (Wildman–Crippen LogP) is 11.0. The monoisotopic (exact) mass is 781 g/mol. The Hall–Kier alpha value is -3.07. The molecule has 0 aliphatic heterocycles. The SMILES string of the molecule is CC(C)(C)C(=O)/C=C(\O)C(C)(C)C.CC(C)c1ccc2c(c1)CCc1c-2ccnc1-c1[c-]c2ccccc2c(C(C)(C)C)c1.[Ir]. The molecule has 1 aliphatic carbocycles. The van der Waals surface area contributed by atoms with Crippen LogP contribution in [0.3, 0.4) is 0 Å². The molecule has 3 nitrogen and oxygen atoms in total. The number of carbonyl (C=O) groups is 1. The van der Waals surface area contributed by atoms with E-state index >= 15 is 0 Å². The maximum Gasteiger partial charge on any atom is 0.164 e. The topological polar surface area (TPSA) is 50.2 Å². The summed E-state index contributed by atoms with van der Waals surface area (Å²) < 4.78 is 0. The molecular formula is C41H50IrNO2-. The molecule has 1 N–H and O–H groups in total. The molecule has 4 heteroatoms. The average molecular weight is 781 g/mol. The van der Waals surface area contributed by atoms with Crippen molar-refractivity contribution >= 4 is 16.6 Å². The summed E-state index contributed by atoms with van der Waals surface area (Å²) in [6.07, 6.45) is 5.40. The fraction of sp³-hybridized carbons (Fsp3) is 0.415. The molecule has 0 saturated carbocycles. The number of aromatic nitrogens is 1. The fourth-order valence-electron chi connectivity index (χ4n) is 5.47. The first kappa shape index (κ1) is 36.4. The van der Waals surface area contributed by atoms with Gasteiger partial charge in [-0.25, -0.2) is 0 Å². The van der Waals surface area contributed by atoms with Crippen molar-refractivity contribution in [1.82, 2.24) is 4.98 Å². The molecule has 0 spiro atoms. The van der Waals surface area contributed by atoms with E-state index in [1.165, 1.54) is 50.2 Å². The first-order valence-corrected chi connectivity index (χ1v) is 15.9. The number of aryl methyl sites for hydroxylation is 1. The van der Waals surface area contributed by atoms with E-state index in [1.807, 2.05) is 47.7 Å². The number of allylic oxidation sites excluding steroid dienone is 2. The second-order valence-electron chi connectivity index (χ2n) is 15.5. The normalized spacial score (nSPS) is 13.4. The molecule has 241 valence electrons. The Balaban J connectivity index is 0.000000338. The van der Waals surface area contributed by atoms with Crippen LogP contribution in [0.25, 0.3) is 33.2 Å². The van der Waals surface area contributed by atoms with E-state index in [0.717, 1.165) is 24.1 Å². The molecule has 1 aromatic heterocycles. The van der Waals surface area contributed by atoms with E-state index in [0.29, 0.717) is 5.92 Å². The number of ketones is 1. The average Bonchev–Trinajstić information content (AvgIpc) is 2.94. The molecule has 4 aromatic rings. The Morgan fingerprint density at radius 3 is 2.13 bits per heavy atom. The number of aliphatic hydroxyl groups is 1. The summed E-state index contributed by atoms with van der Waals surface area (Å²) in [5.41, 5.74) is 9.80. The van der Waals surface area contributed by atoms with Gasteiger partial charge in [0.05, 0.1) is 0 Å². The molecule has 1 radical (unpaired) electrons. The van der Waals surface area contributed by atoms with Crippen molar-refractivity contribution in [2.24, 2.45) is 10.8 Å². The van der Waals surface area contributed by atoms with E-state index in [1.54, 1.807) is 0 Å². The van der Waals surface area contributed by atoms with Crippen LogP contribution in [0.4, 0.5) is 0 Å². The van der Waals surface area contributed by atoms with Crippen molar-refractivity contribution in [3.05, 3.63) is 101 Å². The van der Waals surface area contributed by atoms with Gasteiger partial charge in [0.25, 0.3) is 0 Å². The van der Waals surface area contributed by atoms with Crippen molar-refractivity contribution in [3.8, 4) is 22.4 Å². The Morgan fingerprint density at radius 2 is 1.53 bits per heavy atom. The van der Waals surface area contributed by atoms with Crippen molar-refractivity contribution in [2.75, 3.05) is 0 Å². The largest absolute Gasteiger partial charge is 0.512 e. The number of aliphatic hydroxyl groups excluding tert-OH is 1. The van der Waals surface area contributed by atoms with Gasteiger partial charge in [-0.2, -0.15) is 0 Å². The second kappa shape index (κ2) is 13.7. The Kier molecular flexibility index (Phi) is 11.1. The van der Waals surface area contributed by atoms with Gasteiger partial charge in [0.1, 0.15) is 5.76 Å². The van der Waals surface area contributed by atoms with Gasteiger partial charge < -0.3 is 5.11 Å². The van der Waals surface area contributed by atoms with Crippen LogP contribution in [0.15, 0.2) is 72.6 Å². The van der Waals surface area contributed by atoms with Gasteiger partial charge in [-0.3, -0.25) is 9.78 Å². The molecule has 5 rings (SSSR count). The molecule has 0 unspecified atom stereocenters. The van der Waals surface area contributed by atoms with Crippen LogP contribution < -0.4 is 0 Å². The van der Waals surface area contributed by atoms with Crippen molar-refractivity contribution in [3.63, 3.8) is 0 Å². The van der Waals surface area contributed by atoms with Crippen LogP contribution in [-0.4, -0.2) is 15.9 Å². The van der Waals surface area contributed by atoms with Crippen molar-refractivity contribution in [1.29, 1.82) is 0 Å². The number of hydrogen-bond donors (Lipinski definition) is 1. The van der Waals surface area contributed by atoms with Gasteiger partial charge in [0, 0.05) is 48.9 Å². The third kappa shape index (κ3) is 8.40. The minimum atomic E-state index is -0.417. The first-order chi connectivity index (χ1) is 20.4. The summed E-state index contributed by atoms with van der Waals surface area (Å²) in [5, 5.41) is 12.0. The van der Waals surface area contributed by atoms with Crippen LogP contribution >= 0.6 is 0 Å². The number of nitrogens with zero attached hydrogens (tertiary/aromatic N) is 1. The quantitative estimate of drug-likeness (QED) is 0.128. The number of fused-ring (bicyclic) bond motifs is 4. The molecule has 45 heavy (non-hydrogen) atoms. The second-order valence-corrected chi connectivity index (χ2v) is 15.5. The van der Waals surface area contributed by atoms with Gasteiger partial charge in [-0.05, 0) is 58.1 Å². The number of hydrogen-bond acceptors (Lipinski definition) is 3. The molecule has 1 heterocycles. The number of benzene rings is 3. The number of carbonyl (C=O) groups excluding carboxylic acids is 1. The summed E-state index contributed by atoms with van der Waals surface area (Å²) >= 11 is 0. The summed E-state index contributed by atoms with van der Waals surface area (Å²) in [6.45, 7) is 22.5. The molecule has 1 aliphatic rings. The van der Waals surface area contributed by atoms with Gasteiger partial charge in [0.2, 0.25) is 0 Å². The van der Waals surface area contributed by atoms with E-state index in [4.69, 9.17) is 4.98 Å². The third-order valence-electron chi connectivity index (χ3n) is 8.40. The molecule has 0 amide bonds. The van der Waals surface area contributed by atoms with Crippen molar-refractivity contribution in [2.45, 2.75) is 100 Å². The van der Waals surface area contributed by atoms with E-state index in [-0.39, 0.29) is 42.5 Å². The minimum absolute atomic E-state index is 0. The van der Waals surface area contributed by atoms with Crippen LogP contribution in [-0.2, 0) is 43.2 Å². The zero-order valence-electron chi connectivity index (χ0n) is 29.0. The maximum absolute atomic E-state index is 11.5. The molecular weight excluding hydrogens is 731 g/mol. The van der Waals surface area contributed by atoms with E-state index in [9.17, 15) is 9.90 Å².